The van der Waals surface area contributed by atoms with Gasteiger partial charge in [-0.05, 0) is 33.7 Å². The SMILES string of the molecule is CN1CCN(C(=O)NC(=O)CCCCC(=O)O)CC1(C)C. The van der Waals surface area contributed by atoms with Gasteiger partial charge in [0.15, 0.2) is 0 Å². The van der Waals surface area contributed by atoms with E-state index in [2.05, 4.69) is 24.1 Å². The summed E-state index contributed by atoms with van der Waals surface area (Å²) in [6, 6.07) is -0.362. The monoisotopic (exact) mass is 299 g/mol. The summed E-state index contributed by atoms with van der Waals surface area (Å²) in [5.41, 5.74) is -0.111. The summed E-state index contributed by atoms with van der Waals surface area (Å²) in [5, 5.41) is 10.9. The summed E-state index contributed by atoms with van der Waals surface area (Å²) in [6.45, 7) is 6.05. The van der Waals surface area contributed by atoms with E-state index in [0.29, 0.717) is 25.9 Å². The number of amides is 3. The van der Waals surface area contributed by atoms with Crippen LogP contribution < -0.4 is 5.32 Å². The lowest BCUT2D eigenvalue weighted by Crippen LogP contribution is -2.60. The maximum absolute atomic E-state index is 12.0. The molecular formula is C14H25N3O4. The number of carbonyl (C=O) groups excluding carboxylic acids is 2. The van der Waals surface area contributed by atoms with Crippen LogP contribution in [0.15, 0.2) is 0 Å². The molecule has 2 N–H and O–H groups in total. The van der Waals surface area contributed by atoms with Crippen LogP contribution >= 0.6 is 0 Å². The third-order valence-electron chi connectivity index (χ3n) is 3.89. The molecule has 0 aromatic rings. The molecule has 0 radical (unpaired) electrons. The summed E-state index contributed by atoms with van der Waals surface area (Å²) in [4.78, 5) is 37.9. The minimum Gasteiger partial charge on any atom is -0.481 e. The average Bonchev–Trinajstić information content (AvgIpc) is 2.37. The highest BCUT2D eigenvalue weighted by molar-refractivity contribution is 5.94. The fourth-order valence-electron chi connectivity index (χ4n) is 2.24. The molecule has 120 valence electrons. The van der Waals surface area contributed by atoms with Crippen LogP contribution in [0.25, 0.3) is 0 Å². The first-order valence-electron chi connectivity index (χ1n) is 7.24. The first-order valence-corrected chi connectivity index (χ1v) is 7.24. The fraction of sp³-hybridized carbons (Fsp3) is 0.786. The maximum Gasteiger partial charge on any atom is 0.324 e. The van der Waals surface area contributed by atoms with Crippen LogP contribution in [0.3, 0.4) is 0 Å². The van der Waals surface area contributed by atoms with Crippen LogP contribution in [0.1, 0.15) is 39.5 Å². The van der Waals surface area contributed by atoms with Crippen molar-refractivity contribution in [1.82, 2.24) is 15.1 Å². The number of hydrogen-bond acceptors (Lipinski definition) is 4. The molecule has 0 atom stereocenters. The number of nitrogens with zero attached hydrogens (tertiary/aromatic N) is 2. The van der Waals surface area contributed by atoms with Gasteiger partial charge < -0.3 is 10.0 Å². The minimum absolute atomic E-state index is 0.0495. The van der Waals surface area contributed by atoms with Gasteiger partial charge in [-0.15, -0.1) is 0 Å². The number of urea groups is 1. The normalized spacial score (nSPS) is 18.3. The van der Waals surface area contributed by atoms with Gasteiger partial charge in [0.2, 0.25) is 5.91 Å². The first kappa shape index (κ1) is 17.4. The second-order valence-corrected chi connectivity index (χ2v) is 6.11. The van der Waals surface area contributed by atoms with Crippen molar-refractivity contribution in [2.45, 2.75) is 45.1 Å². The van der Waals surface area contributed by atoms with Crippen molar-refractivity contribution < 1.29 is 19.5 Å². The zero-order valence-corrected chi connectivity index (χ0v) is 13.0. The molecule has 1 fully saturated rings. The van der Waals surface area contributed by atoms with Gasteiger partial charge in [0.1, 0.15) is 0 Å². The number of likely N-dealkylation sites (N-methyl/N-ethyl adjacent to an activating group) is 1. The Labute approximate surface area is 125 Å². The van der Waals surface area contributed by atoms with Crippen LogP contribution in [0.4, 0.5) is 4.79 Å². The summed E-state index contributed by atoms with van der Waals surface area (Å²) in [5.74, 6) is -1.21. The predicted octanol–water partition coefficient (Wildman–Crippen LogP) is 0.894. The molecule has 7 heteroatoms. The number of carboxylic acids is 1. The number of hydrogen-bond donors (Lipinski definition) is 2. The Hall–Kier alpha value is -1.63. The summed E-state index contributed by atoms with van der Waals surface area (Å²) in [6.07, 6.45) is 1.14. The van der Waals surface area contributed by atoms with Crippen molar-refractivity contribution in [3.63, 3.8) is 0 Å². The number of aliphatic carboxylic acids is 1. The van der Waals surface area contributed by atoms with Gasteiger partial charge in [0, 0.05) is 38.0 Å². The summed E-state index contributed by atoms with van der Waals surface area (Å²) >= 11 is 0. The van der Waals surface area contributed by atoms with Crippen LogP contribution in [0, 0.1) is 0 Å². The molecule has 0 bridgehead atoms. The highest BCUT2D eigenvalue weighted by Gasteiger charge is 2.33. The van der Waals surface area contributed by atoms with Gasteiger partial charge in [-0.3, -0.25) is 19.8 Å². The number of carboxylic acid groups (broad SMARTS) is 1. The molecule has 7 nitrogen and oxygen atoms in total. The van der Waals surface area contributed by atoms with E-state index in [1.807, 2.05) is 7.05 Å². The first-order chi connectivity index (χ1) is 9.72. The summed E-state index contributed by atoms with van der Waals surface area (Å²) in [7, 11) is 2.02. The van der Waals surface area contributed by atoms with Crippen molar-refractivity contribution in [2.24, 2.45) is 0 Å². The molecule has 1 rings (SSSR count). The minimum atomic E-state index is -0.869. The number of rotatable bonds is 5. The topological polar surface area (TPSA) is 90.0 Å². The molecule has 1 heterocycles. The van der Waals surface area contributed by atoms with Crippen LogP contribution in [0.5, 0.6) is 0 Å². The zero-order valence-electron chi connectivity index (χ0n) is 13.0. The van der Waals surface area contributed by atoms with Gasteiger partial charge >= 0.3 is 12.0 Å². The lowest BCUT2D eigenvalue weighted by atomic mass is 10.0. The Morgan fingerprint density at radius 3 is 2.33 bits per heavy atom. The van der Waals surface area contributed by atoms with E-state index in [4.69, 9.17) is 5.11 Å². The van der Waals surface area contributed by atoms with E-state index in [1.54, 1.807) is 4.90 Å². The standard InChI is InChI=1S/C14H25N3O4/c1-14(2)10-17(9-8-16(14)3)13(21)15-11(18)6-4-5-7-12(19)20/h4-10H2,1-3H3,(H,19,20)(H,15,18,21). The van der Waals surface area contributed by atoms with Crippen molar-refractivity contribution >= 4 is 17.9 Å². The molecule has 0 saturated carbocycles. The third-order valence-corrected chi connectivity index (χ3v) is 3.89. The van der Waals surface area contributed by atoms with Crippen molar-refractivity contribution in [2.75, 3.05) is 26.7 Å². The lowest BCUT2D eigenvalue weighted by Gasteiger charge is -2.45. The Morgan fingerprint density at radius 2 is 1.76 bits per heavy atom. The number of carbonyl (C=O) groups is 3. The number of unbranched alkanes of at least 4 members (excludes halogenated alkanes) is 1. The maximum atomic E-state index is 12.0. The molecule has 21 heavy (non-hydrogen) atoms. The zero-order chi connectivity index (χ0) is 16.0. The number of piperazine rings is 1. The molecule has 3 amide bonds. The Morgan fingerprint density at radius 1 is 1.14 bits per heavy atom. The molecule has 0 aromatic carbocycles. The van der Waals surface area contributed by atoms with Crippen molar-refractivity contribution in [3.8, 4) is 0 Å². The molecule has 0 aliphatic carbocycles. The Kier molecular flexibility index (Phi) is 6.14. The van der Waals surface area contributed by atoms with Crippen LogP contribution in [0.2, 0.25) is 0 Å². The van der Waals surface area contributed by atoms with Crippen molar-refractivity contribution in [3.05, 3.63) is 0 Å². The molecular weight excluding hydrogens is 274 g/mol. The molecule has 0 spiro atoms. The lowest BCUT2D eigenvalue weighted by molar-refractivity contribution is -0.137. The quantitative estimate of drug-likeness (QED) is 0.736. The molecule has 0 aromatic heterocycles. The fourth-order valence-corrected chi connectivity index (χ4v) is 2.24. The third kappa shape index (κ3) is 5.71. The number of nitrogens with one attached hydrogen (secondary N) is 1. The van der Waals surface area contributed by atoms with Gasteiger partial charge in [0.25, 0.3) is 0 Å². The Bertz CT molecular complexity index is 409. The van der Waals surface area contributed by atoms with Gasteiger partial charge in [-0.25, -0.2) is 4.79 Å². The highest BCUT2D eigenvalue weighted by Crippen LogP contribution is 2.18. The second-order valence-electron chi connectivity index (χ2n) is 6.11. The summed E-state index contributed by atoms with van der Waals surface area (Å²) < 4.78 is 0. The largest absolute Gasteiger partial charge is 0.481 e. The van der Waals surface area contributed by atoms with E-state index < -0.39 is 5.97 Å². The van der Waals surface area contributed by atoms with E-state index in [-0.39, 0.29) is 30.3 Å². The smallest absolute Gasteiger partial charge is 0.324 e. The molecule has 1 aliphatic heterocycles. The van der Waals surface area contributed by atoms with Crippen LogP contribution in [-0.4, -0.2) is 65.0 Å². The Balaban J connectivity index is 2.32. The van der Waals surface area contributed by atoms with E-state index in [1.165, 1.54) is 0 Å². The van der Waals surface area contributed by atoms with Crippen molar-refractivity contribution in [1.29, 1.82) is 0 Å². The average molecular weight is 299 g/mol. The molecule has 0 unspecified atom stereocenters. The second kappa shape index (κ2) is 7.40. The number of imide groups is 1. The van der Waals surface area contributed by atoms with E-state index in [0.717, 1.165) is 6.54 Å². The molecule has 1 saturated heterocycles. The van der Waals surface area contributed by atoms with E-state index in [9.17, 15) is 14.4 Å². The van der Waals surface area contributed by atoms with E-state index >= 15 is 0 Å². The van der Waals surface area contributed by atoms with Gasteiger partial charge in [-0.2, -0.15) is 0 Å². The molecule has 1 aliphatic rings. The van der Waals surface area contributed by atoms with Crippen LogP contribution in [-0.2, 0) is 9.59 Å². The predicted molar refractivity (Wildman–Crippen MR) is 77.9 cm³/mol. The van der Waals surface area contributed by atoms with Gasteiger partial charge in [-0.1, -0.05) is 0 Å². The highest BCUT2D eigenvalue weighted by atomic mass is 16.4. The van der Waals surface area contributed by atoms with Gasteiger partial charge in [0.05, 0.1) is 0 Å².